The first-order valence-corrected chi connectivity index (χ1v) is 11.6. The van der Waals surface area contributed by atoms with Crippen LogP contribution in [0.5, 0.6) is 5.75 Å². The predicted octanol–water partition coefficient (Wildman–Crippen LogP) is 4.33. The van der Waals surface area contributed by atoms with Gasteiger partial charge in [0.05, 0.1) is 33.0 Å². The van der Waals surface area contributed by atoms with Crippen LogP contribution in [0.3, 0.4) is 0 Å². The van der Waals surface area contributed by atoms with E-state index in [-0.39, 0.29) is 17.2 Å². The van der Waals surface area contributed by atoms with Crippen molar-refractivity contribution in [3.8, 4) is 5.75 Å². The summed E-state index contributed by atoms with van der Waals surface area (Å²) >= 11 is 0. The Morgan fingerprint density at radius 3 is 2.19 bits per heavy atom. The molecule has 0 aromatic heterocycles. The molecule has 5 nitrogen and oxygen atoms in total. The Hall–Kier alpha value is -1.63. The number of hydrogen-bond donors (Lipinski definition) is 0. The monoisotopic (exact) mass is 380 g/mol. The van der Waals surface area contributed by atoms with Gasteiger partial charge in [-0.15, -0.1) is 0 Å². The lowest BCUT2D eigenvalue weighted by atomic mass is 10.2. The number of ether oxygens (including phenoxy) is 3. The van der Waals surface area contributed by atoms with Gasteiger partial charge in [0.15, 0.2) is 8.32 Å². The van der Waals surface area contributed by atoms with Crippen LogP contribution >= 0.6 is 0 Å². The van der Waals surface area contributed by atoms with Gasteiger partial charge in [0.1, 0.15) is 11.9 Å². The van der Waals surface area contributed by atoms with Crippen LogP contribution in [-0.4, -0.2) is 41.2 Å². The summed E-state index contributed by atoms with van der Waals surface area (Å²) in [6, 6.07) is 7.65. The van der Waals surface area contributed by atoms with Crippen molar-refractivity contribution in [3.05, 3.63) is 42.0 Å². The molecule has 0 aliphatic carbocycles. The van der Waals surface area contributed by atoms with E-state index in [2.05, 4.69) is 40.4 Å². The van der Waals surface area contributed by atoms with Crippen molar-refractivity contribution in [1.29, 1.82) is 0 Å². The molecule has 0 aliphatic heterocycles. The van der Waals surface area contributed by atoms with E-state index in [4.69, 9.17) is 18.6 Å². The average Bonchev–Trinajstić information content (AvgIpc) is 2.59. The van der Waals surface area contributed by atoms with E-state index in [1.54, 1.807) is 7.11 Å². The van der Waals surface area contributed by atoms with Gasteiger partial charge in [0.2, 0.25) is 0 Å². The molecule has 0 amide bonds. The fourth-order valence-electron chi connectivity index (χ4n) is 2.01. The van der Waals surface area contributed by atoms with Crippen LogP contribution in [0.4, 0.5) is 0 Å². The highest BCUT2D eigenvalue weighted by molar-refractivity contribution is 6.74. The molecule has 6 heteroatoms. The molecule has 0 spiro atoms. The largest absolute Gasteiger partial charge is 0.497 e. The average molecular weight is 381 g/mol. The van der Waals surface area contributed by atoms with Crippen molar-refractivity contribution in [2.45, 2.75) is 51.6 Å². The molecule has 1 rings (SSSR count). The van der Waals surface area contributed by atoms with Crippen LogP contribution in [0.15, 0.2) is 36.4 Å². The van der Waals surface area contributed by atoms with E-state index >= 15 is 0 Å². The van der Waals surface area contributed by atoms with Gasteiger partial charge in [-0.3, -0.25) is 0 Å². The van der Waals surface area contributed by atoms with Gasteiger partial charge in [0, 0.05) is 0 Å². The Balaban J connectivity index is 2.78. The molecule has 1 aromatic carbocycles. The van der Waals surface area contributed by atoms with Crippen molar-refractivity contribution in [3.63, 3.8) is 0 Å². The first-order chi connectivity index (χ1) is 12.0. The van der Waals surface area contributed by atoms with Gasteiger partial charge in [-0.25, -0.2) is 4.79 Å². The summed E-state index contributed by atoms with van der Waals surface area (Å²) in [4.78, 5) is 11.9. The van der Waals surface area contributed by atoms with Crippen LogP contribution in [0, 0.1) is 0 Å². The second-order valence-electron chi connectivity index (χ2n) is 7.75. The summed E-state index contributed by atoms with van der Waals surface area (Å²) in [6.07, 6.45) is -0.526. The van der Waals surface area contributed by atoms with E-state index in [9.17, 15) is 4.79 Å². The first-order valence-electron chi connectivity index (χ1n) is 8.67. The molecule has 0 unspecified atom stereocenters. The topological polar surface area (TPSA) is 54.0 Å². The lowest BCUT2D eigenvalue weighted by Crippen LogP contribution is -2.46. The number of esters is 1. The molecule has 0 bridgehead atoms. The molecule has 0 radical (unpaired) electrons. The number of benzene rings is 1. The van der Waals surface area contributed by atoms with Crippen molar-refractivity contribution in [2.24, 2.45) is 0 Å². The Morgan fingerprint density at radius 1 is 1.15 bits per heavy atom. The molecule has 0 saturated carbocycles. The second-order valence-corrected chi connectivity index (χ2v) is 12.5. The summed E-state index contributed by atoms with van der Waals surface area (Å²) < 4.78 is 22.1. The summed E-state index contributed by atoms with van der Waals surface area (Å²) in [5.41, 5.74) is 1.30. The minimum absolute atomic E-state index is 0.0115. The number of carbonyl (C=O) groups excluding carboxylic acids is 1. The van der Waals surface area contributed by atoms with Gasteiger partial charge in [0.25, 0.3) is 0 Å². The minimum Gasteiger partial charge on any atom is -0.497 e. The van der Waals surface area contributed by atoms with Gasteiger partial charge in [-0.2, -0.15) is 0 Å². The highest BCUT2D eigenvalue weighted by atomic mass is 28.4. The Labute approximate surface area is 158 Å². The number of rotatable bonds is 9. The number of hydrogen-bond acceptors (Lipinski definition) is 5. The maximum atomic E-state index is 11.9. The van der Waals surface area contributed by atoms with E-state index in [1.807, 2.05) is 24.3 Å². The van der Waals surface area contributed by atoms with Crippen LogP contribution in [-0.2, 0) is 25.3 Å². The summed E-state index contributed by atoms with van der Waals surface area (Å²) in [6.45, 7) is 15.2. The maximum Gasteiger partial charge on any atom is 0.335 e. The van der Waals surface area contributed by atoms with Gasteiger partial charge in [-0.1, -0.05) is 39.5 Å². The van der Waals surface area contributed by atoms with Crippen molar-refractivity contribution >= 4 is 14.3 Å². The van der Waals surface area contributed by atoms with E-state index in [0.29, 0.717) is 6.61 Å². The fraction of sp³-hybridized carbons (Fsp3) is 0.550. The molecule has 0 saturated heterocycles. The predicted molar refractivity (Wildman–Crippen MR) is 106 cm³/mol. The third-order valence-corrected chi connectivity index (χ3v) is 9.26. The highest BCUT2D eigenvalue weighted by Crippen LogP contribution is 2.38. The zero-order chi connectivity index (χ0) is 20.0. The molecule has 0 heterocycles. The molecule has 0 fully saturated rings. The minimum atomic E-state index is -2.10. The van der Waals surface area contributed by atoms with Crippen LogP contribution in [0.25, 0.3) is 0 Å². The summed E-state index contributed by atoms with van der Waals surface area (Å²) in [5, 5.41) is 0.0115. The molecule has 0 aliphatic rings. The smallest absolute Gasteiger partial charge is 0.335 e. The van der Waals surface area contributed by atoms with Crippen LogP contribution < -0.4 is 4.74 Å². The fourth-order valence-corrected chi connectivity index (χ4v) is 3.28. The lowest BCUT2D eigenvalue weighted by Gasteiger charge is -2.39. The van der Waals surface area contributed by atoms with Crippen molar-refractivity contribution in [2.75, 3.05) is 20.8 Å². The van der Waals surface area contributed by atoms with Gasteiger partial charge >= 0.3 is 5.97 Å². The maximum absolute atomic E-state index is 11.9. The van der Waals surface area contributed by atoms with Crippen molar-refractivity contribution < 1.29 is 23.4 Å². The lowest BCUT2D eigenvalue weighted by molar-refractivity contribution is -0.137. The molecule has 1 aromatic rings. The molecule has 0 N–H and O–H groups in total. The first kappa shape index (κ1) is 22.4. The highest BCUT2D eigenvalue weighted by Gasteiger charge is 2.40. The number of carbonyl (C=O) groups is 1. The SMILES string of the molecule is C=C(C(=O)OC)[C@@H](COCc1ccc(OC)cc1)O[Si](C)(C)C(C)(C)C. The van der Waals surface area contributed by atoms with E-state index in [0.717, 1.165) is 11.3 Å². The normalized spacial score (nSPS) is 13.2. The molecular weight excluding hydrogens is 348 g/mol. The van der Waals surface area contributed by atoms with Gasteiger partial charge < -0.3 is 18.6 Å². The van der Waals surface area contributed by atoms with E-state index in [1.165, 1.54) is 7.11 Å². The second kappa shape index (κ2) is 9.35. The molecule has 26 heavy (non-hydrogen) atoms. The number of methoxy groups -OCH3 is 2. The zero-order valence-corrected chi connectivity index (χ0v) is 18.0. The van der Waals surface area contributed by atoms with Crippen molar-refractivity contribution in [1.82, 2.24) is 0 Å². The molecular formula is C20H32O5Si. The standard InChI is InChI=1S/C20H32O5Si/c1-15(19(21)23-6)18(25-26(7,8)20(2,3)4)14-24-13-16-9-11-17(22-5)12-10-16/h9-12,18H,1,13-14H2,2-8H3/t18-/m1/s1. The third-order valence-electron chi connectivity index (χ3n) is 4.78. The van der Waals surface area contributed by atoms with Crippen LogP contribution in [0.2, 0.25) is 18.1 Å². The van der Waals surface area contributed by atoms with Crippen LogP contribution in [0.1, 0.15) is 26.3 Å². The third kappa shape index (κ3) is 6.27. The Bertz CT molecular complexity index is 602. The van der Waals surface area contributed by atoms with E-state index < -0.39 is 20.4 Å². The Morgan fingerprint density at radius 2 is 1.73 bits per heavy atom. The summed E-state index contributed by atoms with van der Waals surface area (Å²) in [5.74, 6) is 0.328. The Kier molecular flexibility index (Phi) is 8.05. The quantitative estimate of drug-likeness (QED) is 0.362. The summed E-state index contributed by atoms with van der Waals surface area (Å²) in [7, 11) is 0.878. The molecule has 146 valence electrons. The zero-order valence-electron chi connectivity index (χ0n) is 17.0. The van der Waals surface area contributed by atoms with Gasteiger partial charge in [-0.05, 0) is 35.8 Å². The molecule has 1 atom stereocenters.